The van der Waals surface area contributed by atoms with E-state index in [-0.39, 0.29) is 19.1 Å². The number of nitrogens with zero attached hydrogens (tertiary/aromatic N) is 1. The maximum atomic E-state index is 12.3. The summed E-state index contributed by atoms with van der Waals surface area (Å²) in [4.78, 5) is 12.1. The fourth-order valence-corrected chi connectivity index (χ4v) is 3.86. The Labute approximate surface area is 187 Å². The standard InChI is InChI=1S/C23H23ClN2O4S/c1-17-3-9-20(10-4-17)25-23(27)16-30-22-13-11-21(12-14-22)26(31(2,28)29)15-18-5-7-19(24)8-6-18/h3-14H,15-16H2,1-2H3,(H,25,27). The van der Waals surface area contributed by atoms with Crippen LogP contribution < -0.4 is 14.4 Å². The minimum Gasteiger partial charge on any atom is -0.484 e. The Kier molecular flexibility index (Phi) is 7.20. The molecular weight excluding hydrogens is 436 g/mol. The summed E-state index contributed by atoms with van der Waals surface area (Å²) in [6, 6.07) is 21.0. The van der Waals surface area contributed by atoms with Gasteiger partial charge in [-0.25, -0.2) is 8.42 Å². The highest BCUT2D eigenvalue weighted by molar-refractivity contribution is 7.92. The molecule has 0 aliphatic rings. The molecule has 0 radical (unpaired) electrons. The maximum absolute atomic E-state index is 12.3. The summed E-state index contributed by atoms with van der Waals surface area (Å²) in [5.74, 6) is 0.177. The molecule has 0 aliphatic carbocycles. The number of hydrogen-bond donors (Lipinski definition) is 1. The van der Waals surface area contributed by atoms with Crippen LogP contribution in [0.1, 0.15) is 11.1 Å². The Hall–Kier alpha value is -3.03. The van der Waals surface area contributed by atoms with Gasteiger partial charge in [0.05, 0.1) is 18.5 Å². The largest absolute Gasteiger partial charge is 0.484 e. The lowest BCUT2D eigenvalue weighted by Gasteiger charge is -2.23. The molecule has 31 heavy (non-hydrogen) atoms. The van der Waals surface area contributed by atoms with E-state index in [1.807, 2.05) is 31.2 Å². The van der Waals surface area contributed by atoms with E-state index in [1.54, 1.807) is 48.5 Å². The summed E-state index contributed by atoms with van der Waals surface area (Å²) >= 11 is 5.90. The Bertz CT molecular complexity index is 1130. The van der Waals surface area contributed by atoms with Gasteiger partial charge in [0.2, 0.25) is 10.0 Å². The molecule has 0 aromatic heterocycles. The SMILES string of the molecule is Cc1ccc(NC(=O)COc2ccc(N(Cc3ccc(Cl)cc3)S(C)(=O)=O)cc2)cc1. The van der Waals surface area contributed by atoms with Crippen LogP contribution in [0, 0.1) is 6.92 Å². The summed E-state index contributed by atoms with van der Waals surface area (Å²) in [5.41, 5.74) is 3.10. The molecule has 0 saturated carbocycles. The lowest BCUT2D eigenvalue weighted by Crippen LogP contribution is -2.29. The molecule has 6 nitrogen and oxygen atoms in total. The van der Waals surface area contributed by atoms with Crippen LogP contribution >= 0.6 is 11.6 Å². The van der Waals surface area contributed by atoms with Crippen molar-refractivity contribution in [2.75, 3.05) is 22.5 Å². The average Bonchev–Trinajstić information content (AvgIpc) is 2.73. The van der Waals surface area contributed by atoms with Crippen molar-refractivity contribution in [1.29, 1.82) is 0 Å². The molecule has 0 saturated heterocycles. The Morgan fingerprint density at radius 1 is 0.968 bits per heavy atom. The van der Waals surface area contributed by atoms with Gasteiger partial charge in [0, 0.05) is 10.7 Å². The first-order valence-electron chi connectivity index (χ1n) is 9.52. The number of carbonyl (C=O) groups excluding carboxylic acids is 1. The quantitative estimate of drug-likeness (QED) is 0.534. The van der Waals surface area contributed by atoms with Crippen LogP contribution in [0.25, 0.3) is 0 Å². The summed E-state index contributed by atoms with van der Waals surface area (Å²) in [5, 5.41) is 3.34. The number of sulfonamides is 1. The van der Waals surface area contributed by atoms with Crippen LogP contribution in [-0.4, -0.2) is 27.2 Å². The van der Waals surface area contributed by atoms with E-state index in [2.05, 4.69) is 5.32 Å². The van der Waals surface area contributed by atoms with Gasteiger partial charge < -0.3 is 10.1 Å². The van der Waals surface area contributed by atoms with Gasteiger partial charge in [-0.3, -0.25) is 9.10 Å². The summed E-state index contributed by atoms with van der Waals surface area (Å²) in [6.07, 6.45) is 1.16. The smallest absolute Gasteiger partial charge is 0.262 e. The monoisotopic (exact) mass is 458 g/mol. The number of rotatable bonds is 8. The molecule has 0 atom stereocenters. The molecule has 3 rings (SSSR count). The predicted octanol–water partition coefficient (Wildman–Crippen LogP) is 4.63. The van der Waals surface area contributed by atoms with Crippen molar-refractivity contribution in [2.45, 2.75) is 13.5 Å². The minimum absolute atomic E-state index is 0.159. The van der Waals surface area contributed by atoms with E-state index in [9.17, 15) is 13.2 Å². The van der Waals surface area contributed by atoms with E-state index in [0.717, 1.165) is 17.4 Å². The van der Waals surface area contributed by atoms with Crippen LogP contribution in [0.4, 0.5) is 11.4 Å². The zero-order chi connectivity index (χ0) is 22.4. The van der Waals surface area contributed by atoms with Gasteiger partial charge in [-0.15, -0.1) is 0 Å². The predicted molar refractivity (Wildman–Crippen MR) is 124 cm³/mol. The number of hydrogen-bond acceptors (Lipinski definition) is 4. The van der Waals surface area contributed by atoms with Gasteiger partial charge >= 0.3 is 0 Å². The lowest BCUT2D eigenvalue weighted by molar-refractivity contribution is -0.118. The Balaban J connectivity index is 1.63. The highest BCUT2D eigenvalue weighted by Gasteiger charge is 2.18. The zero-order valence-corrected chi connectivity index (χ0v) is 18.8. The van der Waals surface area contributed by atoms with Gasteiger partial charge in [-0.1, -0.05) is 41.4 Å². The first kappa shape index (κ1) is 22.7. The van der Waals surface area contributed by atoms with Gasteiger partial charge in [0.25, 0.3) is 5.91 Å². The van der Waals surface area contributed by atoms with Crippen molar-refractivity contribution < 1.29 is 17.9 Å². The zero-order valence-electron chi connectivity index (χ0n) is 17.2. The van der Waals surface area contributed by atoms with Crippen molar-refractivity contribution in [1.82, 2.24) is 0 Å². The fraction of sp³-hybridized carbons (Fsp3) is 0.174. The minimum atomic E-state index is -3.51. The number of carbonyl (C=O) groups is 1. The number of aryl methyl sites for hydroxylation is 1. The van der Waals surface area contributed by atoms with E-state index in [1.165, 1.54) is 4.31 Å². The molecule has 0 heterocycles. The number of halogens is 1. The summed E-state index contributed by atoms with van der Waals surface area (Å²) in [7, 11) is -3.51. The third-order valence-corrected chi connectivity index (χ3v) is 5.86. The maximum Gasteiger partial charge on any atom is 0.262 e. The number of benzene rings is 3. The molecule has 3 aromatic rings. The average molecular weight is 459 g/mol. The van der Waals surface area contributed by atoms with E-state index in [4.69, 9.17) is 16.3 Å². The Morgan fingerprint density at radius 3 is 2.16 bits per heavy atom. The van der Waals surface area contributed by atoms with Gasteiger partial charge in [-0.05, 0) is 61.0 Å². The number of ether oxygens (including phenoxy) is 1. The van der Waals surface area contributed by atoms with Crippen LogP contribution in [0.2, 0.25) is 5.02 Å². The summed E-state index contributed by atoms with van der Waals surface area (Å²) < 4.78 is 31.4. The van der Waals surface area contributed by atoms with E-state index >= 15 is 0 Å². The molecule has 0 spiro atoms. The second-order valence-electron chi connectivity index (χ2n) is 7.09. The van der Waals surface area contributed by atoms with Gasteiger partial charge in [0.1, 0.15) is 5.75 Å². The molecule has 0 bridgehead atoms. The molecule has 0 unspecified atom stereocenters. The number of amides is 1. The molecule has 1 N–H and O–H groups in total. The van der Waals surface area contributed by atoms with Crippen LogP contribution in [0.5, 0.6) is 5.75 Å². The van der Waals surface area contributed by atoms with Gasteiger partial charge in [-0.2, -0.15) is 0 Å². The van der Waals surface area contributed by atoms with Crippen molar-refractivity contribution in [3.8, 4) is 5.75 Å². The molecule has 162 valence electrons. The highest BCUT2D eigenvalue weighted by atomic mass is 35.5. The molecular formula is C23H23ClN2O4S. The fourth-order valence-electron chi connectivity index (χ4n) is 2.85. The lowest BCUT2D eigenvalue weighted by atomic mass is 10.2. The van der Waals surface area contributed by atoms with Crippen LogP contribution in [-0.2, 0) is 21.4 Å². The van der Waals surface area contributed by atoms with Crippen molar-refractivity contribution >= 4 is 38.9 Å². The molecule has 0 fully saturated rings. The topological polar surface area (TPSA) is 75.7 Å². The third kappa shape index (κ3) is 6.73. The second-order valence-corrected chi connectivity index (χ2v) is 9.44. The Morgan fingerprint density at radius 2 is 1.58 bits per heavy atom. The molecule has 3 aromatic carbocycles. The van der Waals surface area contributed by atoms with Crippen molar-refractivity contribution in [3.05, 3.63) is 88.9 Å². The second kappa shape index (κ2) is 9.85. The first-order valence-corrected chi connectivity index (χ1v) is 11.7. The normalized spacial score (nSPS) is 11.1. The highest BCUT2D eigenvalue weighted by Crippen LogP contribution is 2.24. The van der Waals surface area contributed by atoms with Gasteiger partial charge in [0.15, 0.2) is 6.61 Å². The number of anilines is 2. The van der Waals surface area contributed by atoms with E-state index < -0.39 is 10.0 Å². The molecule has 8 heteroatoms. The molecule has 1 amide bonds. The number of nitrogens with one attached hydrogen (secondary N) is 1. The first-order chi connectivity index (χ1) is 14.7. The summed E-state index contributed by atoms with van der Waals surface area (Å²) in [6.45, 7) is 1.99. The van der Waals surface area contributed by atoms with Crippen LogP contribution in [0.3, 0.4) is 0 Å². The van der Waals surface area contributed by atoms with Crippen LogP contribution in [0.15, 0.2) is 72.8 Å². The van der Waals surface area contributed by atoms with E-state index in [0.29, 0.717) is 22.1 Å². The third-order valence-electron chi connectivity index (χ3n) is 4.47. The molecule has 0 aliphatic heterocycles. The van der Waals surface area contributed by atoms with Crippen molar-refractivity contribution in [2.24, 2.45) is 0 Å². The van der Waals surface area contributed by atoms with Crippen molar-refractivity contribution in [3.63, 3.8) is 0 Å².